The number of nitrogens with zero attached hydrogens (tertiary/aromatic N) is 4. The molecular formula is C35H39N5O5S. The van der Waals surface area contributed by atoms with Gasteiger partial charge in [-0.3, -0.25) is 19.5 Å². The Labute approximate surface area is 269 Å². The monoisotopic (exact) mass is 641 g/mol. The first kappa shape index (κ1) is 31.5. The Morgan fingerprint density at radius 3 is 2.43 bits per heavy atom. The Balaban J connectivity index is 1.40. The van der Waals surface area contributed by atoms with Gasteiger partial charge in [0.1, 0.15) is 11.4 Å². The normalized spacial score (nSPS) is 15.9. The van der Waals surface area contributed by atoms with Gasteiger partial charge in [-0.15, -0.1) is 0 Å². The largest absolute Gasteiger partial charge is 0.337 e. The van der Waals surface area contributed by atoms with Gasteiger partial charge in [0.15, 0.2) is 0 Å². The first-order valence-electron chi connectivity index (χ1n) is 15.8. The Morgan fingerprint density at radius 1 is 0.957 bits per heavy atom. The summed E-state index contributed by atoms with van der Waals surface area (Å²) in [5, 5.41) is 3.88. The number of aliphatic imine (C=N–C) groups is 1. The van der Waals surface area contributed by atoms with Crippen LogP contribution in [-0.2, 0) is 27.9 Å². The van der Waals surface area contributed by atoms with Crippen molar-refractivity contribution in [2.45, 2.75) is 89.2 Å². The predicted molar refractivity (Wildman–Crippen MR) is 177 cm³/mol. The molecule has 1 fully saturated rings. The second-order valence-electron chi connectivity index (χ2n) is 12.2. The van der Waals surface area contributed by atoms with Crippen molar-refractivity contribution in [3.05, 3.63) is 99.6 Å². The fourth-order valence-electron chi connectivity index (χ4n) is 6.41. The first-order chi connectivity index (χ1) is 22.1. The smallest absolute Gasteiger partial charge is 0.264 e. The van der Waals surface area contributed by atoms with E-state index in [1.807, 2.05) is 23.1 Å². The number of anilines is 1. The summed E-state index contributed by atoms with van der Waals surface area (Å²) in [5.41, 5.74) is 3.14. The maximum Gasteiger partial charge on any atom is 0.264 e. The van der Waals surface area contributed by atoms with Crippen LogP contribution < -0.4 is 10.3 Å². The van der Waals surface area contributed by atoms with Crippen LogP contribution >= 0.6 is 0 Å². The number of aromatic nitrogens is 2. The molecule has 0 saturated heterocycles. The van der Waals surface area contributed by atoms with E-state index in [2.05, 4.69) is 16.8 Å². The predicted octanol–water partition coefficient (Wildman–Crippen LogP) is 6.21. The molecule has 0 unspecified atom stereocenters. The summed E-state index contributed by atoms with van der Waals surface area (Å²) in [5.74, 6) is 0.982. The highest BCUT2D eigenvalue weighted by molar-refractivity contribution is 7.92. The van der Waals surface area contributed by atoms with Crippen LogP contribution in [0.4, 0.5) is 5.88 Å². The van der Waals surface area contributed by atoms with Crippen molar-refractivity contribution in [2.75, 3.05) is 4.72 Å². The van der Waals surface area contributed by atoms with Gasteiger partial charge in [0.25, 0.3) is 21.5 Å². The Bertz CT molecular complexity index is 1970. The van der Waals surface area contributed by atoms with Gasteiger partial charge in [-0.25, -0.2) is 13.1 Å². The van der Waals surface area contributed by atoms with E-state index < -0.39 is 15.6 Å². The van der Waals surface area contributed by atoms with E-state index in [0.29, 0.717) is 28.9 Å². The van der Waals surface area contributed by atoms with Crippen LogP contribution in [0, 0.1) is 13.8 Å². The van der Waals surface area contributed by atoms with Gasteiger partial charge in [-0.2, -0.15) is 0 Å². The number of nitrogens with one attached hydrogen (secondary N) is 1. The van der Waals surface area contributed by atoms with Crippen molar-refractivity contribution in [1.82, 2.24) is 14.6 Å². The molecule has 3 heterocycles. The maximum atomic E-state index is 13.8. The molecule has 6 rings (SSSR count). The van der Waals surface area contributed by atoms with Gasteiger partial charge in [0, 0.05) is 29.8 Å². The lowest BCUT2D eigenvalue weighted by atomic mass is 9.96. The maximum absolute atomic E-state index is 13.8. The lowest BCUT2D eigenvalue weighted by molar-refractivity contribution is -0.131. The zero-order valence-corrected chi connectivity index (χ0v) is 27.3. The number of aryl methyl sites for hydroxylation is 1. The summed E-state index contributed by atoms with van der Waals surface area (Å²) in [4.78, 5) is 33.6. The molecule has 0 atom stereocenters. The fourth-order valence-corrected chi connectivity index (χ4v) is 7.68. The number of pyridine rings is 1. The van der Waals surface area contributed by atoms with Crippen LogP contribution in [-0.4, -0.2) is 40.3 Å². The number of sulfonamides is 1. The molecule has 10 nitrogen and oxygen atoms in total. The van der Waals surface area contributed by atoms with Crippen molar-refractivity contribution in [2.24, 2.45) is 4.99 Å². The van der Waals surface area contributed by atoms with E-state index in [-0.39, 0.29) is 28.8 Å². The minimum atomic E-state index is -4.09. The molecule has 1 aliphatic heterocycles. The number of hydrogen-bond acceptors (Lipinski definition) is 7. The number of amides is 1. The summed E-state index contributed by atoms with van der Waals surface area (Å²) >= 11 is 0. The quantitative estimate of drug-likeness (QED) is 0.207. The SMILES string of the molecule is CCCCC1=NC2(CCCC2)C(=O)N1Cc1ccc(-c2ccccc2S(=O)(=O)Nc2onc(C)c2C)c(Cn2ccccc2=O)c1. The molecule has 0 bridgehead atoms. The summed E-state index contributed by atoms with van der Waals surface area (Å²) in [6, 6.07) is 17.5. The van der Waals surface area contributed by atoms with Crippen molar-refractivity contribution < 1.29 is 17.7 Å². The van der Waals surface area contributed by atoms with E-state index in [1.54, 1.807) is 61.0 Å². The minimum absolute atomic E-state index is 0.0599. The highest BCUT2D eigenvalue weighted by Gasteiger charge is 2.49. The topological polar surface area (TPSA) is 127 Å². The van der Waals surface area contributed by atoms with Crippen LogP contribution in [0.3, 0.4) is 0 Å². The molecule has 1 saturated carbocycles. The summed E-state index contributed by atoms with van der Waals surface area (Å²) in [6.07, 6.45) is 7.98. The molecular weight excluding hydrogens is 602 g/mol. The lowest BCUT2D eigenvalue weighted by Crippen LogP contribution is -2.40. The average Bonchev–Trinajstić information content (AvgIpc) is 3.72. The Morgan fingerprint density at radius 2 is 1.72 bits per heavy atom. The van der Waals surface area contributed by atoms with E-state index in [1.165, 1.54) is 6.07 Å². The minimum Gasteiger partial charge on any atom is -0.337 e. The number of carbonyl (C=O) groups excluding carboxylic acids is 1. The number of amidine groups is 1. The van der Waals surface area contributed by atoms with Crippen LogP contribution in [0.25, 0.3) is 11.1 Å². The molecule has 11 heteroatoms. The van der Waals surface area contributed by atoms with E-state index in [4.69, 9.17) is 9.52 Å². The van der Waals surface area contributed by atoms with Gasteiger partial charge in [0.05, 0.1) is 23.7 Å². The van der Waals surface area contributed by atoms with Crippen LogP contribution in [0.15, 0.2) is 86.1 Å². The highest BCUT2D eigenvalue weighted by atomic mass is 32.2. The second-order valence-corrected chi connectivity index (χ2v) is 13.9. The molecule has 2 aromatic heterocycles. The van der Waals surface area contributed by atoms with Gasteiger partial charge in [-0.05, 0) is 61.9 Å². The second kappa shape index (κ2) is 12.7. The molecule has 1 spiro atoms. The number of benzene rings is 2. The van der Waals surface area contributed by atoms with Gasteiger partial charge in [0.2, 0.25) is 5.88 Å². The fraction of sp³-hybridized carbons (Fsp3) is 0.371. The highest BCUT2D eigenvalue weighted by Crippen LogP contribution is 2.40. The first-order valence-corrected chi connectivity index (χ1v) is 17.3. The number of carbonyl (C=O) groups is 1. The van der Waals surface area contributed by atoms with Gasteiger partial charge >= 0.3 is 0 Å². The van der Waals surface area contributed by atoms with Crippen LogP contribution in [0.1, 0.15) is 74.3 Å². The molecule has 4 aromatic rings. The van der Waals surface area contributed by atoms with E-state index in [0.717, 1.165) is 61.9 Å². The number of unbranched alkanes of at least 4 members (excludes halogenated alkanes) is 1. The zero-order chi connectivity index (χ0) is 32.5. The third-order valence-electron chi connectivity index (χ3n) is 9.08. The van der Waals surface area contributed by atoms with Gasteiger partial charge < -0.3 is 9.09 Å². The molecule has 2 aliphatic rings. The lowest BCUT2D eigenvalue weighted by Gasteiger charge is -2.23. The van der Waals surface area contributed by atoms with E-state index in [9.17, 15) is 18.0 Å². The summed E-state index contributed by atoms with van der Waals surface area (Å²) < 4.78 is 36.9. The molecule has 46 heavy (non-hydrogen) atoms. The summed E-state index contributed by atoms with van der Waals surface area (Å²) in [6.45, 7) is 6.17. The molecule has 1 N–H and O–H groups in total. The Hall–Kier alpha value is -4.51. The van der Waals surface area contributed by atoms with Crippen molar-refractivity contribution in [1.29, 1.82) is 0 Å². The van der Waals surface area contributed by atoms with Crippen molar-refractivity contribution in [3.8, 4) is 11.1 Å². The third-order valence-corrected chi connectivity index (χ3v) is 10.5. The molecule has 0 radical (unpaired) electrons. The molecule has 1 amide bonds. The van der Waals surface area contributed by atoms with Crippen molar-refractivity contribution in [3.63, 3.8) is 0 Å². The molecule has 2 aromatic carbocycles. The van der Waals surface area contributed by atoms with E-state index >= 15 is 0 Å². The third kappa shape index (κ3) is 6.03. The number of hydrogen-bond donors (Lipinski definition) is 1. The van der Waals surface area contributed by atoms with Crippen molar-refractivity contribution >= 4 is 27.7 Å². The molecule has 240 valence electrons. The molecule has 1 aliphatic carbocycles. The van der Waals surface area contributed by atoms with Gasteiger partial charge in [-0.1, -0.05) is 73.8 Å². The van der Waals surface area contributed by atoms with Crippen LogP contribution in [0.5, 0.6) is 0 Å². The zero-order valence-electron chi connectivity index (χ0n) is 26.5. The standard InChI is InChI=1S/C35H39N5O5S/c1-4-5-14-31-36-35(18-9-10-19-35)34(42)40(31)22-26-16-17-28(27(21-26)23-39-20-11-8-15-32(39)41)29-12-6-7-13-30(29)46(43,44)38-33-24(2)25(3)37-45-33/h6-8,11-13,15-17,20-21,38H,4-5,9-10,14,18-19,22-23H2,1-3H3. The number of rotatable bonds is 11. The summed E-state index contributed by atoms with van der Waals surface area (Å²) in [7, 11) is -4.09. The van der Waals surface area contributed by atoms with Crippen LogP contribution in [0.2, 0.25) is 0 Å². The Kier molecular flexibility index (Phi) is 8.69. The average molecular weight is 642 g/mol.